The smallest absolute Gasteiger partial charge is 0.405 e. The molecule has 4 rings (SSSR count). The van der Waals surface area contributed by atoms with Gasteiger partial charge in [0.2, 0.25) is 10.0 Å². The number of rotatable bonds is 10. The van der Waals surface area contributed by atoms with Crippen molar-refractivity contribution in [3.8, 4) is 0 Å². The van der Waals surface area contributed by atoms with Crippen LogP contribution in [0.3, 0.4) is 0 Å². The van der Waals surface area contributed by atoms with E-state index < -0.39 is 22.2 Å². The topological polar surface area (TPSA) is 128 Å². The Bertz CT molecular complexity index is 1510. The number of aromatic nitrogens is 1. The molecule has 0 saturated heterocycles. The monoisotopic (exact) mass is 519 g/mol. The van der Waals surface area contributed by atoms with Crippen LogP contribution in [0.2, 0.25) is 0 Å². The molecule has 1 heterocycles. The Hall–Kier alpha value is -4.15. The minimum absolute atomic E-state index is 0.103. The number of sulfonamides is 1. The number of anilines is 1. The number of fused-ring (bicyclic) bond motifs is 1. The number of hydrazone groups is 1. The van der Waals surface area contributed by atoms with E-state index in [-0.39, 0.29) is 5.75 Å². The second kappa shape index (κ2) is 11.3. The first-order chi connectivity index (χ1) is 17.8. The highest BCUT2D eigenvalue weighted by Gasteiger charge is 2.22. The van der Waals surface area contributed by atoms with E-state index in [1.807, 2.05) is 54.6 Å². The molecule has 0 radical (unpaired) electrons. The van der Waals surface area contributed by atoms with E-state index in [2.05, 4.69) is 19.8 Å². The van der Waals surface area contributed by atoms with E-state index in [9.17, 15) is 13.2 Å². The van der Waals surface area contributed by atoms with Crippen LogP contribution in [0.1, 0.15) is 35.4 Å². The molecule has 0 aliphatic heterocycles. The van der Waals surface area contributed by atoms with Gasteiger partial charge in [-0.15, -0.1) is 0 Å². The Balaban J connectivity index is 1.69. The molecule has 1 amide bonds. The third-order valence-electron chi connectivity index (χ3n) is 5.94. The summed E-state index contributed by atoms with van der Waals surface area (Å²) in [5, 5.41) is 5.39. The van der Waals surface area contributed by atoms with E-state index in [1.165, 1.54) is 7.05 Å². The van der Waals surface area contributed by atoms with Crippen LogP contribution in [0, 0.1) is 0 Å². The number of nitrogens with zero attached hydrogens (tertiary/aromatic N) is 2. The van der Waals surface area contributed by atoms with Crippen LogP contribution in [-0.4, -0.2) is 32.3 Å². The minimum Gasteiger partial charge on any atom is -0.442 e. The Morgan fingerprint density at radius 1 is 1.03 bits per heavy atom. The van der Waals surface area contributed by atoms with Crippen LogP contribution in [0.4, 0.5) is 10.5 Å². The molecule has 37 heavy (non-hydrogen) atoms. The van der Waals surface area contributed by atoms with Crippen LogP contribution in [-0.2, 0) is 27.1 Å². The van der Waals surface area contributed by atoms with Gasteiger partial charge in [-0.05, 0) is 43.3 Å². The predicted octanol–water partition coefficient (Wildman–Crippen LogP) is 4.34. The van der Waals surface area contributed by atoms with Crippen LogP contribution >= 0.6 is 0 Å². The molecule has 1 atom stereocenters. The fraction of sp³-hybridized carbons (Fsp3) is 0.185. The lowest BCUT2D eigenvalue weighted by Crippen LogP contribution is -2.20. The summed E-state index contributed by atoms with van der Waals surface area (Å²) in [7, 11) is -1.96. The average molecular weight is 520 g/mol. The Labute approximate surface area is 216 Å². The molecule has 0 saturated carbocycles. The standard InChI is InChI=1S/C27H29N5O4S/c1-19(36-27(28)33)26-23-10-6-7-11-24(23)32(17-20-8-4-3-5-9-20)25(26)16-30-31-22-14-12-21(13-15-22)18-37(34,35)29-2/h3-16,19,29,31H,17-18H2,1-2H3,(H2,28,33)/b30-16+. The molecule has 4 N–H and O–H groups in total. The lowest BCUT2D eigenvalue weighted by molar-refractivity contribution is 0.117. The molecule has 1 aromatic heterocycles. The van der Waals surface area contributed by atoms with Crippen molar-refractivity contribution in [3.63, 3.8) is 0 Å². The second-order valence-electron chi connectivity index (χ2n) is 8.50. The van der Waals surface area contributed by atoms with E-state index in [0.717, 1.165) is 27.7 Å². The van der Waals surface area contributed by atoms with Gasteiger partial charge >= 0.3 is 6.09 Å². The van der Waals surface area contributed by atoms with Gasteiger partial charge in [0.25, 0.3) is 0 Å². The summed E-state index contributed by atoms with van der Waals surface area (Å²) in [4.78, 5) is 11.6. The van der Waals surface area contributed by atoms with Crippen LogP contribution in [0.25, 0.3) is 10.9 Å². The number of carbonyl (C=O) groups excluding carboxylic acids is 1. The first-order valence-electron chi connectivity index (χ1n) is 11.7. The Morgan fingerprint density at radius 3 is 2.38 bits per heavy atom. The summed E-state index contributed by atoms with van der Waals surface area (Å²) in [6.07, 6.45) is 0.237. The van der Waals surface area contributed by atoms with Gasteiger partial charge in [-0.2, -0.15) is 5.10 Å². The van der Waals surface area contributed by atoms with E-state index in [0.29, 0.717) is 17.8 Å². The van der Waals surface area contributed by atoms with Crippen LogP contribution in [0.15, 0.2) is 84.0 Å². The molecule has 3 aromatic carbocycles. The van der Waals surface area contributed by atoms with Crippen molar-refractivity contribution in [2.24, 2.45) is 10.8 Å². The third-order valence-corrected chi connectivity index (χ3v) is 7.27. The predicted molar refractivity (Wildman–Crippen MR) is 146 cm³/mol. The van der Waals surface area contributed by atoms with Gasteiger partial charge in [-0.1, -0.05) is 60.7 Å². The van der Waals surface area contributed by atoms with Crippen molar-refractivity contribution in [2.45, 2.75) is 25.3 Å². The fourth-order valence-electron chi connectivity index (χ4n) is 4.22. The summed E-state index contributed by atoms with van der Waals surface area (Å²) in [5.74, 6) is -0.103. The molecule has 10 heteroatoms. The largest absolute Gasteiger partial charge is 0.442 e. The SMILES string of the molecule is CNS(=O)(=O)Cc1ccc(N/N=C/c2c(C(C)OC(N)=O)c3ccccc3n2Cc2ccccc2)cc1. The summed E-state index contributed by atoms with van der Waals surface area (Å²) < 4.78 is 33.4. The van der Waals surface area contributed by atoms with Gasteiger partial charge in [0.05, 0.1) is 23.3 Å². The number of benzene rings is 3. The number of nitrogens with one attached hydrogen (secondary N) is 2. The molecule has 9 nitrogen and oxygen atoms in total. The third kappa shape index (κ3) is 6.35. The number of hydrogen-bond acceptors (Lipinski definition) is 6. The minimum atomic E-state index is -3.35. The van der Waals surface area contributed by atoms with Gasteiger partial charge in [0, 0.05) is 23.0 Å². The lowest BCUT2D eigenvalue weighted by atomic mass is 10.1. The number of hydrogen-bond donors (Lipinski definition) is 3. The van der Waals surface area contributed by atoms with E-state index in [1.54, 1.807) is 37.4 Å². The Morgan fingerprint density at radius 2 is 1.70 bits per heavy atom. The van der Waals surface area contributed by atoms with Crippen molar-refractivity contribution in [1.29, 1.82) is 0 Å². The quantitative estimate of drug-likeness (QED) is 0.212. The van der Waals surface area contributed by atoms with Crippen molar-refractivity contribution < 1.29 is 17.9 Å². The van der Waals surface area contributed by atoms with Gasteiger partial charge in [-0.25, -0.2) is 17.9 Å². The van der Waals surface area contributed by atoms with Crippen LogP contribution in [0.5, 0.6) is 0 Å². The molecule has 0 fully saturated rings. The molecular weight excluding hydrogens is 490 g/mol. The van der Waals surface area contributed by atoms with E-state index >= 15 is 0 Å². The van der Waals surface area contributed by atoms with Crippen molar-refractivity contribution >= 4 is 38.9 Å². The van der Waals surface area contributed by atoms with Gasteiger partial charge < -0.3 is 15.0 Å². The fourth-order valence-corrected chi connectivity index (χ4v) is 5.00. The second-order valence-corrected chi connectivity index (χ2v) is 10.4. The van der Waals surface area contributed by atoms with Gasteiger partial charge in [0.15, 0.2) is 0 Å². The molecule has 4 aromatic rings. The van der Waals surface area contributed by atoms with Gasteiger partial charge in [0.1, 0.15) is 6.10 Å². The van der Waals surface area contributed by atoms with Gasteiger partial charge in [-0.3, -0.25) is 5.43 Å². The zero-order valence-corrected chi connectivity index (χ0v) is 21.4. The Kier molecular flexibility index (Phi) is 7.90. The number of ether oxygens (including phenoxy) is 1. The van der Waals surface area contributed by atoms with Crippen molar-refractivity contribution in [1.82, 2.24) is 9.29 Å². The van der Waals surface area contributed by atoms with Crippen molar-refractivity contribution in [3.05, 3.63) is 101 Å². The molecule has 0 aliphatic rings. The number of nitrogens with two attached hydrogens (primary N) is 1. The zero-order valence-electron chi connectivity index (χ0n) is 20.6. The maximum Gasteiger partial charge on any atom is 0.405 e. The maximum atomic E-state index is 11.8. The summed E-state index contributed by atoms with van der Waals surface area (Å²) >= 11 is 0. The highest BCUT2D eigenvalue weighted by Crippen LogP contribution is 2.33. The lowest BCUT2D eigenvalue weighted by Gasteiger charge is -2.14. The number of para-hydroxylation sites is 1. The molecule has 0 aliphatic carbocycles. The number of carbonyl (C=O) groups is 1. The first-order valence-corrected chi connectivity index (χ1v) is 13.3. The molecule has 0 spiro atoms. The number of amides is 1. The summed E-state index contributed by atoms with van der Waals surface area (Å²) in [5.41, 5.74) is 13.3. The molecule has 0 bridgehead atoms. The zero-order chi connectivity index (χ0) is 26.4. The highest BCUT2D eigenvalue weighted by atomic mass is 32.2. The maximum absolute atomic E-state index is 11.8. The molecule has 192 valence electrons. The highest BCUT2D eigenvalue weighted by molar-refractivity contribution is 7.88. The van der Waals surface area contributed by atoms with E-state index in [4.69, 9.17) is 10.5 Å². The normalized spacial score (nSPS) is 12.6. The van der Waals surface area contributed by atoms with Crippen LogP contribution < -0.4 is 15.9 Å². The van der Waals surface area contributed by atoms with Crippen molar-refractivity contribution in [2.75, 3.05) is 12.5 Å². The number of primary amides is 1. The average Bonchev–Trinajstić information content (AvgIpc) is 3.18. The molecular formula is C27H29N5O4S. The summed E-state index contributed by atoms with van der Waals surface area (Å²) in [6, 6.07) is 24.9. The molecule has 1 unspecified atom stereocenters. The first kappa shape index (κ1) is 25.9. The summed E-state index contributed by atoms with van der Waals surface area (Å²) in [6.45, 7) is 2.36.